The first-order valence-electron chi connectivity index (χ1n) is 4.19. The van der Waals surface area contributed by atoms with Crippen molar-refractivity contribution in [1.82, 2.24) is 0 Å². The molecule has 5 heteroatoms. The first kappa shape index (κ1) is 11.7. The van der Waals surface area contributed by atoms with Gasteiger partial charge in [-0.1, -0.05) is 32.4 Å². The summed E-state index contributed by atoms with van der Waals surface area (Å²) < 4.78 is 9.98. The van der Waals surface area contributed by atoms with Gasteiger partial charge in [-0.2, -0.15) is 0 Å². The highest BCUT2D eigenvalue weighted by Gasteiger charge is 2.35. The van der Waals surface area contributed by atoms with Gasteiger partial charge >= 0.3 is 11.9 Å². The van der Waals surface area contributed by atoms with E-state index in [2.05, 4.69) is 0 Å². The Morgan fingerprint density at radius 3 is 2.43 bits per heavy atom. The van der Waals surface area contributed by atoms with Gasteiger partial charge in [-0.3, -0.25) is 0 Å². The monoisotopic (exact) mass is 238 g/mol. The molecule has 1 unspecified atom stereocenters. The highest BCUT2D eigenvalue weighted by Crippen LogP contribution is 2.30. The van der Waals surface area contributed by atoms with Crippen molar-refractivity contribution in [3.63, 3.8) is 0 Å². The molecule has 0 N–H and O–H groups in total. The molecule has 0 aromatic heterocycles. The zero-order chi connectivity index (χ0) is 10.9. The fourth-order valence-electron chi connectivity index (χ4n) is 0.779. The van der Waals surface area contributed by atoms with Crippen molar-refractivity contribution in [2.75, 3.05) is 6.61 Å². The Morgan fingerprint density at radius 2 is 2.07 bits per heavy atom. The quantitative estimate of drug-likeness (QED) is 0.548. The zero-order valence-corrected chi connectivity index (χ0v) is 9.78. The van der Waals surface area contributed by atoms with Gasteiger partial charge in [0.25, 0.3) is 0 Å². The lowest BCUT2D eigenvalue weighted by molar-refractivity contribution is -0.141. The van der Waals surface area contributed by atoms with E-state index in [1.54, 1.807) is 0 Å². The maximum Gasteiger partial charge on any atom is 0.337 e. The van der Waals surface area contributed by atoms with Crippen molar-refractivity contribution in [3.8, 4) is 0 Å². The summed E-state index contributed by atoms with van der Waals surface area (Å²) in [6.45, 7) is 6.40. The van der Waals surface area contributed by atoms with Crippen LogP contribution in [0.2, 0.25) is 0 Å². The van der Waals surface area contributed by atoms with E-state index in [1.165, 1.54) is 0 Å². The summed E-state index contributed by atoms with van der Waals surface area (Å²) in [5, 5.41) is -0.799. The molecule has 1 aliphatic rings. The third kappa shape index (κ3) is 2.79. The van der Waals surface area contributed by atoms with E-state index in [9.17, 15) is 4.79 Å². The lowest BCUT2D eigenvalue weighted by Crippen LogP contribution is -2.15. The second-order valence-electron chi connectivity index (χ2n) is 4.27. The summed E-state index contributed by atoms with van der Waals surface area (Å²) in [6, 6.07) is 0. The predicted molar refractivity (Wildman–Crippen MR) is 54.0 cm³/mol. The van der Waals surface area contributed by atoms with Gasteiger partial charge in [-0.15, -0.1) is 11.6 Å². The minimum absolute atomic E-state index is 0.0268. The Kier molecular flexibility index (Phi) is 3.32. The summed E-state index contributed by atoms with van der Waals surface area (Å²) in [7, 11) is 0. The van der Waals surface area contributed by atoms with Crippen molar-refractivity contribution >= 4 is 29.2 Å². The normalized spacial score (nSPS) is 22.6. The fraction of sp³-hybridized carbons (Fsp3) is 0.667. The molecule has 0 bridgehead atoms. The molecule has 1 atom stereocenters. The lowest BCUT2D eigenvalue weighted by Gasteiger charge is -2.18. The number of halogens is 2. The number of hydrogen-bond donors (Lipinski definition) is 0. The van der Waals surface area contributed by atoms with Crippen LogP contribution in [0, 0.1) is 5.41 Å². The van der Waals surface area contributed by atoms with Crippen LogP contribution in [-0.2, 0) is 14.3 Å². The Labute approximate surface area is 93.0 Å². The summed E-state index contributed by atoms with van der Waals surface area (Å²) in [6.07, 6.45) is 0. The smallest absolute Gasteiger partial charge is 0.337 e. The number of cyclic esters (lactones) is 1. The SMILES string of the molecule is CC(C)(C)COC1=C(Cl)C(Cl)C(=O)O1. The Morgan fingerprint density at radius 1 is 1.50 bits per heavy atom. The number of alkyl halides is 1. The highest BCUT2D eigenvalue weighted by atomic mass is 35.5. The third-order valence-electron chi connectivity index (χ3n) is 1.45. The number of carbonyl (C=O) groups excluding carboxylic acids is 1. The molecule has 0 aromatic rings. The lowest BCUT2D eigenvalue weighted by atomic mass is 9.99. The molecule has 1 aliphatic heterocycles. The summed E-state index contributed by atoms with van der Waals surface area (Å²) in [4.78, 5) is 11.0. The Balaban J connectivity index is 2.58. The van der Waals surface area contributed by atoms with Crippen LogP contribution < -0.4 is 0 Å². The molecule has 0 radical (unpaired) electrons. The van der Waals surface area contributed by atoms with Crippen LogP contribution in [0.5, 0.6) is 0 Å². The van der Waals surface area contributed by atoms with Crippen molar-refractivity contribution in [3.05, 3.63) is 11.0 Å². The van der Waals surface area contributed by atoms with Gasteiger partial charge in [0, 0.05) is 0 Å². The van der Waals surface area contributed by atoms with E-state index < -0.39 is 11.3 Å². The van der Waals surface area contributed by atoms with E-state index in [4.69, 9.17) is 32.7 Å². The topological polar surface area (TPSA) is 35.5 Å². The molecule has 0 saturated carbocycles. The molecular weight excluding hydrogens is 227 g/mol. The summed E-state index contributed by atoms with van der Waals surface area (Å²) in [5.74, 6) is -0.549. The minimum Gasteiger partial charge on any atom is -0.464 e. The van der Waals surface area contributed by atoms with Gasteiger partial charge in [0.15, 0.2) is 5.38 Å². The zero-order valence-electron chi connectivity index (χ0n) is 8.27. The van der Waals surface area contributed by atoms with E-state index in [0.717, 1.165) is 0 Å². The van der Waals surface area contributed by atoms with Gasteiger partial charge in [0.2, 0.25) is 0 Å². The average molecular weight is 239 g/mol. The van der Waals surface area contributed by atoms with E-state index >= 15 is 0 Å². The van der Waals surface area contributed by atoms with Crippen LogP contribution in [0.15, 0.2) is 11.0 Å². The third-order valence-corrected chi connectivity index (χ3v) is 2.33. The van der Waals surface area contributed by atoms with Crippen LogP contribution in [0.25, 0.3) is 0 Å². The Bertz CT molecular complexity index is 278. The molecule has 0 spiro atoms. The predicted octanol–water partition coefficient (Wildman–Crippen LogP) is 2.62. The van der Waals surface area contributed by atoms with Crippen molar-refractivity contribution in [2.45, 2.75) is 26.1 Å². The van der Waals surface area contributed by atoms with Crippen LogP contribution >= 0.6 is 23.2 Å². The molecular formula is C9H12Cl2O3. The molecule has 0 aliphatic carbocycles. The van der Waals surface area contributed by atoms with Gasteiger partial charge in [-0.05, 0) is 5.41 Å². The average Bonchev–Trinajstić information content (AvgIpc) is 2.28. The van der Waals surface area contributed by atoms with E-state index in [0.29, 0.717) is 6.61 Å². The maximum atomic E-state index is 11.0. The largest absolute Gasteiger partial charge is 0.464 e. The number of esters is 1. The molecule has 0 amide bonds. The fourth-order valence-corrected chi connectivity index (χ4v) is 1.10. The van der Waals surface area contributed by atoms with Crippen molar-refractivity contribution in [2.24, 2.45) is 5.41 Å². The number of ether oxygens (including phenoxy) is 2. The van der Waals surface area contributed by atoms with Gasteiger partial charge in [0.1, 0.15) is 5.03 Å². The first-order chi connectivity index (χ1) is 6.31. The summed E-state index contributed by atoms with van der Waals surface area (Å²) >= 11 is 11.3. The van der Waals surface area contributed by atoms with E-state index in [1.807, 2.05) is 20.8 Å². The molecule has 1 rings (SSSR count). The molecule has 0 saturated heterocycles. The van der Waals surface area contributed by atoms with E-state index in [-0.39, 0.29) is 16.4 Å². The van der Waals surface area contributed by atoms with Crippen LogP contribution in [-0.4, -0.2) is 18.0 Å². The molecule has 14 heavy (non-hydrogen) atoms. The van der Waals surface area contributed by atoms with Crippen molar-refractivity contribution < 1.29 is 14.3 Å². The standard InChI is InChI=1S/C9H12Cl2O3/c1-9(2,3)4-13-8-6(11)5(10)7(12)14-8/h5H,4H2,1-3H3. The van der Waals surface area contributed by atoms with Gasteiger partial charge < -0.3 is 9.47 Å². The molecule has 1 heterocycles. The number of rotatable bonds is 2. The molecule has 3 nitrogen and oxygen atoms in total. The molecule has 0 fully saturated rings. The summed E-state index contributed by atoms with van der Waals surface area (Å²) in [5.41, 5.74) is -0.0268. The molecule has 80 valence electrons. The van der Waals surface area contributed by atoms with Crippen LogP contribution in [0.4, 0.5) is 0 Å². The number of hydrogen-bond acceptors (Lipinski definition) is 3. The van der Waals surface area contributed by atoms with Gasteiger partial charge in [-0.25, -0.2) is 4.79 Å². The van der Waals surface area contributed by atoms with Crippen molar-refractivity contribution in [1.29, 1.82) is 0 Å². The van der Waals surface area contributed by atoms with Gasteiger partial charge in [0.05, 0.1) is 6.61 Å². The minimum atomic E-state index is -0.924. The second-order valence-corrected chi connectivity index (χ2v) is 5.11. The Hall–Kier alpha value is -0.410. The van der Waals surface area contributed by atoms with Crippen LogP contribution in [0.3, 0.4) is 0 Å². The van der Waals surface area contributed by atoms with Crippen LogP contribution in [0.1, 0.15) is 20.8 Å². The maximum absolute atomic E-state index is 11.0. The number of carbonyl (C=O) groups is 1. The molecule has 0 aromatic carbocycles. The highest BCUT2D eigenvalue weighted by molar-refractivity contribution is 6.44. The first-order valence-corrected chi connectivity index (χ1v) is 5.01. The second kappa shape index (κ2) is 3.99.